The maximum absolute atomic E-state index is 10.6. The summed E-state index contributed by atoms with van der Waals surface area (Å²) in [4.78, 5) is 10.1. The third kappa shape index (κ3) is 5.08. The molecule has 1 aromatic carbocycles. The zero-order chi connectivity index (χ0) is 15.1. The summed E-state index contributed by atoms with van der Waals surface area (Å²) in [6, 6.07) is 6.01. The summed E-state index contributed by atoms with van der Waals surface area (Å²) in [7, 11) is 0. The van der Waals surface area contributed by atoms with Crippen LogP contribution in [0.5, 0.6) is 0 Å². The van der Waals surface area contributed by atoms with Gasteiger partial charge in [-0.25, -0.2) is 0 Å². The summed E-state index contributed by atoms with van der Waals surface area (Å²) >= 11 is 0. The molecule has 0 saturated carbocycles. The number of aliphatic hydroxyl groups excluding tert-OH is 1. The van der Waals surface area contributed by atoms with Crippen LogP contribution in [0.15, 0.2) is 24.3 Å². The summed E-state index contributed by atoms with van der Waals surface area (Å²) in [5, 5.41) is 23.8. The Bertz CT molecular complexity index is 443. The molecule has 1 heterocycles. The Kier molecular flexibility index (Phi) is 6.10. The molecule has 2 unspecified atom stereocenters. The predicted octanol–water partition coefficient (Wildman–Crippen LogP) is 2.18. The largest absolute Gasteiger partial charge is 0.387 e. The Hall–Kier alpha value is -1.50. The fraction of sp³-hybridized carbons (Fsp3) is 0.600. The summed E-state index contributed by atoms with van der Waals surface area (Å²) < 4.78 is 5.64. The van der Waals surface area contributed by atoms with Gasteiger partial charge >= 0.3 is 0 Å². The van der Waals surface area contributed by atoms with Crippen LogP contribution in [0.1, 0.15) is 37.4 Å². The molecule has 21 heavy (non-hydrogen) atoms. The standard InChI is InChI=1S/C15H22N2O4/c18-15(12-4-6-13(7-5-12)17(19)20)11-16-9-8-14-3-1-2-10-21-14/h4-7,14-16,18H,1-3,8-11H2. The smallest absolute Gasteiger partial charge is 0.269 e. The number of nitro groups is 1. The van der Waals surface area contributed by atoms with E-state index in [9.17, 15) is 15.2 Å². The number of non-ortho nitro benzene ring substituents is 1. The summed E-state index contributed by atoms with van der Waals surface area (Å²) in [6.07, 6.45) is 4.14. The van der Waals surface area contributed by atoms with Crippen molar-refractivity contribution in [3.05, 3.63) is 39.9 Å². The highest BCUT2D eigenvalue weighted by molar-refractivity contribution is 5.33. The van der Waals surface area contributed by atoms with Crippen molar-refractivity contribution in [1.82, 2.24) is 5.32 Å². The lowest BCUT2D eigenvalue weighted by molar-refractivity contribution is -0.384. The van der Waals surface area contributed by atoms with E-state index in [4.69, 9.17) is 4.74 Å². The highest BCUT2D eigenvalue weighted by Crippen LogP contribution is 2.18. The maximum atomic E-state index is 10.6. The van der Waals surface area contributed by atoms with Crippen molar-refractivity contribution in [2.75, 3.05) is 19.7 Å². The Balaban J connectivity index is 1.68. The lowest BCUT2D eigenvalue weighted by Gasteiger charge is -2.22. The number of nitrogens with zero attached hydrogens (tertiary/aromatic N) is 1. The normalized spacial score (nSPS) is 20.1. The fourth-order valence-electron chi connectivity index (χ4n) is 2.47. The van der Waals surface area contributed by atoms with Crippen LogP contribution in [0.2, 0.25) is 0 Å². The van der Waals surface area contributed by atoms with Crippen LogP contribution in [0.25, 0.3) is 0 Å². The van der Waals surface area contributed by atoms with Crippen LogP contribution in [-0.4, -0.2) is 35.8 Å². The summed E-state index contributed by atoms with van der Waals surface area (Å²) in [6.45, 7) is 2.09. The van der Waals surface area contributed by atoms with E-state index in [0.29, 0.717) is 18.2 Å². The second-order valence-electron chi connectivity index (χ2n) is 5.35. The molecular formula is C15H22N2O4. The molecule has 1 aromatic rings. The third-order valence-corrected chi connectivity index (χ3v) is 3.74. The zero-order valence-electron chi connectivity index (χ0n) is 12.0. The molecular weight excluding hydrogens is 272 g/mol. The Labute approximate surface area is 124 Å². The highest BCUT2D eigenvalue weighted by Gasteiger charge is 2.14. The van der Waals surface area contributed by atoms with Crippen LogP contribution < -0.4 is 5.32 Å². The summed E-state index contributed by atoms with van der Waals surface area (Å²) in [5.74, 6) is 0. The fourth-order valence-corrected chi connectivity index (χ4v) is 2.47. The molecule has 2 N–H and O–H groups in total. The Morgan fingerprint density at radius 1 is 1.38 bits per heavy atom. The van der Waals surface area contributed by atoms with E-state index in [1.807, 2.05) is 0 Å². The monoisotopic (exact) mass is 294 g/mol. The van der Waals surface area contributed by atoms with Gasteiger partial charge in [-0.2, -0.15) is 0 Å². The van der Waals surface area contributed by atoms with Crippen LogP contribution in [0.3, 0.4) is 0 Å². The predicted molar refractivity (Wildman–Crippen MR) is 79.1 cm³/mol. The zero-order valence-corrected chi connectivity index (χ0v) is 12.0. The minimum absolute atomic E-state index is 0.0355. The van der Waals surface area contributed by atoms with Crippen molar-refractivity contribution in [3.8, 4) is 0 Å². The number of aliphatic hydroxyl groups is 1. The van der Waals surface area contributed by atoms with Crippen LogP contribution in [0.4, 0.5) is 5.69 Å². The number of hydrogen-bond donors (Lipinski definition) is 2. The minimum atomic E-state index is -0.655. The Morgan fingerprint density at radius 3 is 2.76 bits per heavy atom. The third-order valence-electron chi connectivity index (χ3n) is 3.74. The average Bonchev–Trinajstić information content (AvgIpc) is 2.52. The molecule has 0 aromatic heterocycles. The quantitative estimate of drug-likeness (QED) is 0.457. The Morgan fingerprint density at radius 2 is 2.14 bits per heavy atom. The molecule has 0 bridgehead atoms. The van der Waals surface area contributed by atoms with Gasteiger partial charge in [0.25, 0.3) is 5.69 Å². The molecule has 0 aliphatic carbocycles. The molecule has 1 saturated heterocycles. The molecule has 2 rings (SSSR count). The van der Waals surface area contributed by atoms with Gasteiger partial charge in [0.15, 0.2) is 0 Å². The van der Waals surface area contributed by atoms with Crippen molar-refractivity contribution < 1.29 is 14.8 Å². The van der Waals surface area contributed by atoms with Gasteiger partial charge in [0.2, 0.25) is 0 Å². The molecule has 0 radical (unpaired) electrons. The van der Waals surface area contributed by atoms with Crippen LogP contribution in [-0.2, 0) is 4.74 Å². The van der Waals surface area contributed by atoms with Crippen molar-refractivity contribution in [2.45, 2.75) is 37.9 Å². The molecule has 6 nitrogen and oxygen atoms in total. The van der Waals surface area contributed by atoms with Gasteiger partial charge in [0, 0.05) is 25.3 Å². The van der Waals surface area contributed by atoms with Crippen molar-refractivity contribution in [3.63, 3.8) is 0 Å². The van der Waals surface area contributed by atoms with E-state index in [1.165, 1.54) is 18.6 Å². The van der Waals surface area contributed by atoms with E-state index in [-0.39, 0.29) is 5.69 Å². The summed E-state index contributed by atoms with van der Waals surface area (Å²) in [5.41, 5.74) is 0.718. The highest BCUT2D eigenvalue weighted by atomic mass is 16.6. The second-order valence-corrected chi connectivity index (χ2v) is 5.35. The van der Waals surface area contributed by atoms with E-state index in [2.05, 4.69) is 5.32 Å². The average molecular weight is 294 g/mol. The number of benzene rings is 1. The van der Waals surface area contributed by atoms with Crippen molar-refractivity contribution in [1.29, 1.82) is 0 Å². The first kappa shape index (κ1) is 15.9. The molecule has 1 aliphatic heterocycles. The molecule has 2 atom stereocenters. The molecule has 116 valence electrons. The molecule has 0 spiro atoms. The van der Waals surface area contributed by atoms with E-state index in [1.54, 1.807) is 12.1 Å². The maximum Gasteiger partial charge on any atom is 0.269 e. The van der Waals surface area contributed by atoms with Crippen molar-refractivity contribution in [2.24, 2.45) is 0 Å². The second kappa shape index (κ2) is 8.07. The van der Waals surface area contributed by atoms with Gasteiger partial charge in [-0.05, 0) is 49.9 Å². The number of rotatable bonds is 7. The first-order valence-corrected chi connectivity index (χ1v) is 7.41. The SMILES string of the molecule is O=[N+]([O-])c1ccc(C(O)CNCCC2CCCCO2)cc1. The van der Waals surface area contributed by atoms with Gasteiger partial charge < -0.3 is 15.2 Å². The van der Waals surface area contributed by atoms with E-state index in [0.717, 1.165) is 32.4 Å². The molecule has 6 heteroatoms. The van der Waals surface area contributed by atoms with E-state index >= 15 is 0 Å². The molecule has 1 fully saturated rings. The lowest BCUT2D eigenvalue weighted by atomic mass is 10.1. The lowest BCUT2D eigenvalue weighted by Crippen LogP contribution is -2.28. The van der Waals surface area contributed by atoms with Gasteiger partial charge in [0.05, 0.1) is 17.1 Å². The van der Waals surface area contributed by atoms with Gasteiger partial charge in [-0.3, -0.25) is 10.1 Å². The molecule has 0 amide bonds. The number of nitrogens with one attached hydrogen (secondary N) is 1. The van der Waals surface area contributed by atoms with Gasteiger partial charge in [-0.15, -0.1) is 0 Å². The number of hydrogen-bond acceptors (Lipinski definition) is 5. The van der Waals surface area contributed by atoms with Crippen LogP contribution in [0, 0.1) is 10.1 Å². The van der Waals surface area contributed by atoms with Gasteiger partial charge in [-0.1, -0.05) is 0 Å². The van der Waals surface area contributed by atoms with Crippen LogP contribution >= 0.6 is 0 Å². The van der Waals surface area contributed by atoms with Gasteiger partial charge in [0.1, 0.15) is 0 Å². The topological polar surface area (TPSA) is 84.6 Å². The molecule has 1 aliphatic rings. The van der Waals surface area contributed by atoms with E-state index < -0.39 is 11.0 Å². The first-order valence-electron chi connectivity index (χ1n) is 7.41. The number of nitro benzene ring substituents is 1. The first-order chi connectivity index (χ1) is 10.2. The number of ether oxygens (including phenoxy) is 1. The minimum Gasteiger partial charge on any atom is -0.387 e. The van der Waals surface area contributed by atoms with Crippen molar-refractivity contribution >= 4 is 5.69 Å².